The molecular weight excluding hydrogens is 350 g/mol. The first-order chi connectivity index (χ1) is 12.1. The summed E-state index contributed by atoms with van der Waals surface area (Å²) in [6.07, 6.45) is 4.24. The molecule has 0 aromatic rings. The van der Waals surface area contributed by atoms with Crippen LogP contribution in [0.4, 0.5) is 0 Å². The van der Waals surface area contributed by atoms with Crippen molar-refractivity contribution in [3.8, 4) is 0 Å². The normalized spacial score (nSPS) is 18.5. The zero-order chi connectivity index (χ0) is 19.8. The average Bonchev–Trinajstić information content (AvgIpc) is 2.88. The van der Waals surface area contributed by atoms with Crippen LogP contribution in [0.15, 0.2) is 0 Å². The fourth-order valence-electron chi connectivity index (χ4n) is 2.51. The average molecular weight is 388 g/mol. The second-order valence-corrected chi connectivity index (χ2v) is 13.2. The Kier molecular flexibility index (Phi) is 9.27. The van der Waals surface area contributed by atoms with Gasteiger partial charge in [-0.2, -0.15) is 0 Å². The molecule has 0 saturated carbocycles. The maximum atomic E-state index is 12.1. The van der Waals surface area contributed by atoms with Gasteiger partial charge in [-0.05, 0) is 44.3 Å². The van der Waals surface area contributed by atoms with Crippen molar-refractivity contribution in [2.75, 3.05) is 19.8 Å². The van der Waals surface area contributed by atoms with E-state index in [1.165, 1.54) is 5.06 Å². The molecule has 1 aliphatic heterocycles. The number of hydrogen-bond donors (Lipinski definition) is 0. The molecule has 1 unspecified atom stereocenters. The molecule has 6 nitrogen and oxygen atoms in total. The van der Waals surface area contributed by atoms with Crippen LogP contribution in [0.25, 0.3) is 0 Å². The van der Waals surface area contributed by atoms with Gasteiger partial charge in [0.05, 0.1) is 25.9 Å². The molecule has 1 aliphatic rings. The number of carbonyl (C=O) groups excluding carboxylic acids is 2. The van der Waals surface area contributed by atoms with Crippen molar-refractivity contribution >= 4 is 20.2 Å². The minimum absolute atomic E-state index is 0.0103. The van der Waals surface area contributed by atoms with Crippen LogP contribution in [-0.4, -0.2) is 51.1 Å². The predicted octanol–water partition coefficient (Wildman–Crippen LogP) is 4.05. The number of hydroxylamine groups is 2. The summed E-state index contributed by atoms with van der Waals surface area (Å²) in [6, 6.07) is 0.0103. The largest absolute Gasteiger partial charge is 0.466 e. The standard InChI is InChI=1S/C19H37NO5Si/c1-7-23-18(22)11-9-8-10-14-24-20-16(12-13-17(20)21)15-25-26(5,6)19(2,3)4/h16H,7-15H2,1-6H3. The summed E-state index contributed by atoms with van der Waals surface area (Å²) in [7, 11) is -1.83. The van der Waals surface area contributed by atoms with Gasteiger partial charge in [-0.1, -0.05) is 27.2 Å². The van der Waals surface area contributed by atoms with E-state index in [9.17, 15) is 9.59 Å². The molecule has 26 heavy (non-hydrogen) atoms. The number of carbonyl (C=O) groups is 2. The molecule has 0 aromatic heterocycles. The lowest BCUT2D eigenvalue weighted by molar-refractivity contribution is -0.192. The van der Waals surface area contributed by atoms with Crippen LogP contribution in [0.5, 0.6) is 0 Å². The molecule has 1 rings (SSSR count). The summed E-state index contributed by atoms with van der Waals surface area (Å²) < 4.78 is 11.2. The van der Waals surface area contributed by atoms with Crippen LogP contribution >= 0.6 is 0 Å². The van der Waals surface area contributed by atoms with Crippen LogP contribution < -0.4 is 0 Å². The third kappa shape index (κ3) is 7.37. The fraction of sp³-hybridized carbons (Fsp3) is 0.895. The van der Waals surface area contributed by atoms with Gasteiger partial charge < -0.3 is 9.16 Å². The van der Waals surface area contributed by atoms with Crippen LogP contribution in [0, 0.1) is 0 Å². The van der Waals surface area contributed by atoms with Crippen LogP contribution in [0.3, 0.4) is 0 Å². The monoisotopic (exact) mass is 387 g/mol. The Balaban J connectivity index is 2.31. The third-order valence-corrected chi connectivity index (χ3v) is 9.77. The molecule has 0 spiro atoms. The number of amides is 1. The van der Waals surface area contributed by atoms with Crippen molar-refractivity contribution in [2.24, 2.45) is 0 Å². The summed E-state index contributed by atoms with van der Waals surface area (Å²) >= 11 is 0. The molecule has 1 atom stereocenters. The van der Waals surface area contributed by atoms with E-state index in [4.69, 9.17) is 14.0 Å². The predicted molar refractivity (Wildman–Crippen MR) is 104 cm³/mol. The number of esters is 1. The van der Waals surface area contributed by atoms with Crippen LogP contribution in [0.2, 0.25) is 18.1 Å². The molecule has 1 fully saturated rings. The molecule has 0 aliphatic carbocycles. The Morgan fingerprint density at radius 1 is 1.23 bits per heavy atom. The highest BCUT2D eigenvalue weighted by Gasteiger charge is 2.40. The summed E-state index contributed by atoms with van der Waals surface area (Å²) in [5, 5.41) is 1.68. The SMILES string of the molecule is CCOC(=O)CCCCCON1C(=O)CCC1CO[Si](C)(C)C(C)(C)C. The minimum atomic E-state index is -1.83. The number of ether oxygens (including phenoxy) is 1. The van der Waals surface area contributed by atoms with Gasteiger partial charge in [-0.15, -0.1) is 0 Å². The van der Waals surface area contributed by atoms with Gasteiger partial charge in [0.1, 0.15) is 0 Å². The number of hydrogen-bond acceptors (Lipinski definition) is 5. The Labute approximate surface area is 159 Å². The first-order valence-electron chi connectivity index (χ1n) is 9.83. The molecule has 7 heteroatoms. The second kappa shape index (κ2) is 10.4. The van der Waals surface area contributed by atoms with E-state index in [1.54, 1.807) is 0 Å². The summed E-state index contributed by atoms with van der Waals surface area (Å²) in [5.41, 5.74) is 0. The van der Waals surface area contributed by atoms with E-state index in [-0.39, 0.29) is 23.0 Å². The van der Waals surface area contributed by atoms with Crippen molar-refractivity contribution in [3.63, 3.8) is 0 Å². The first kappa shape index (κ1) is 23.1. The lowest BCUT2D eigenvalue weighted by Gasteiger charge is -2.37. The Morgan fingerprint density at radius 2 is 1.92 bits per heavy atom. The lowest BCUT2D eigenvalue weighted by Crippen LogP contribution is -2.45. The summed E-state index contributed by atoms with van der Waals surface area (Å²) in [4.78, 5) is 29.1. The highest BCUT2D eigenvalue weighted by Crippen LogP contribution is 2.37. The number of rotatable bonds is 11. The second-order valence-electron chi connectivity index (χ2n) is 8.43. The zero-order valence-corrected chi connectivity index (χ0v) is 18.4. The lowest BCUT2D eigenvalue weighted by atomic mass is 10.2. The molecule has 152 valence electrons. The van der Waals surface area contributed by atoms with Gasteiger partial charge in [-0.3, -0.25) is 14.4 Å². The molecule has 0 radical (unpaired) electrons. The van der Waals surface area contributed by atoms with Crippen LogP contribution in [-0.2, 0) is 23.6 Å². The van der Waals surface area contributed by atoms with E-state index in [2.05, 4.69) is 33.9 Å². The van der Waals surface area contributed by atoms with E-state index < -0.39 is 8.32 Å². The Bertz CT molecular complexity index is 461. The van der Waals surface area contributed by atoms with Gasteiger partial charge >= 0.3 is 5.97 Å². The smallest absolute Gasteiger partial charge is 0.305 e. The van der Waals surface area contributed by atoms with Crippen LogP contribution in [0.1, 0.15) is 66.2 Å². The van der Waals surface area contributed by atoms with Crippen molar-refractivity contribution < 1.29 is 23.6 Å². The molecule has 1 heterocycles. The summed E-state index contributed by atoms with van der Waals surface area (Å²) in [5.74, 6) is -0.105. The van der Waals surface area contributed by atoms with Crippen molar-refractivity contribution in [1.29, 1.82) is 0 Å². The van der Waals surface area contributed by atoms with E-state index >= 15 is 0 Å². The van der Waals surface area contributed by atoms with Gasteiger partial charge in [0.25, 0.3) is 0 Å². The Hall–Kier alpha value is -0.923. The topological polar surface area (TPSA) is 65.1 Å². The van der Waals surface area contributed by atoms with Gasteiger partial charge in [0, 0.05) is 12.8 Å². The van der Waals surface area contributed by atoms with Gasteiger partial charge in [0.15, 0.2) is 8.32 Å². The van der Waals surface area contributed by atoms with Crippen molar-refractivity contribution in [1.82, 2.24) is 5.06 Å². The molecule has 0 N–H and O–H groups in total. The maximum absolute atomic E-state index is 12.1. The van der Waals surface area contributed by atoms with E-state index in [1.807, 2.05) is 6.92 Å². The van der Waals surface area contributed by atoms with Gasteiger partial charge in [0.2, 0.25) is 5.91 Å². The highest BCUT2D eigenvalue weighted by molar-refractivity contribution is 6.74. The molecule has 1 saturated heterocycles. The van der Waals surface area contributed by atoms with Crippen molar-refractivity contribution in [3.05, 3.63) is 0 Å². The zero-order valence-electron chi connectivity index (χ0n) is 17.4. The third-order valence-electron chi connectivity index (χ3n) is 5.27. The van der Waals surface area contributed by atoms with Gasteiger partial charge in [-0.25, -0.2) is 5.06 Å². The molecule has 0 aromatic carbocycles. The quantitative estimate of drug-likeness (QED) is 0.304. The minimum Gasteiger partial charge on any atom is -0.466 e. The molecule has 0 bridgehead atoms. The Morgan fingerprint density at radius 3 is 2.54 bits per heavy atom. The van der Waals surface area contributed by atoms with Crippen molar-refractivity contribution in [2.45, 2.75) is 90.4 Å². The molecular formula is C19H37NO5Si. The molecule has 1 amide bonds. The van der Waals surface area contributed by atoms with E-state index in [0.29, 0.717) is 32.7 Å². The van der Waals surface area contributed by atoms with E-state index in [0.717, 1.165) is 25.7 Å². The number of nitrogens with zero attached hydrogens (tertiary/aromatic N) is 1. The first-order valence-corrected chi connectivity index (χ1v) is 12.7. The summed E-state index contributed by atoms with van der Waals surface area (Å²) in [6.45, 7) is 14.4. The number of unbranched alkanes of at least 4 members (excludes halogenated alkanes) is 2. The highest BCUT2D eigenvalue weighted by atomic mass is 28.4. The fourth-order valence-corrected chi connectivity index (χ4v) is 3.56. The maximum Gasteiger partial charge on any atom is 0.305 e.